The molecule has 3 aliphatic heterocycles. The second kappa shape index (κ2) is 8.29. The van der Waals surface area contributed by atoms with Crippen molar-refractivity contribution in [3.8, 4) is 16.8 Å². The van der Waals surface area contributed by atoms with Crippen LogP contribution in [0.15, 0.2) is 36.4 Å². The molecule has 5 aromatic heterocycles. The van der Waals surface area contributed by atoms with E-state index < -0.39 is 46.1 Å². The monoisotopic (exact) mass is 587 g/mol. The quantitative estimate of drug-likeness (QED) is 0.154. The number of carbonyl (C=O) groups is 4. The van der Waals surface area contributed by atoms with E-state index in [-0.39, 0.29) is 11.1 Å². The molecule has 13 nitrogen and oxygen atoms in total. The number of benzene rings is 1. The summed E-state index contributed by atoms with van der Waals surface area (Å²) in [6.07, 6.45) is 3.53. The molecule has 0 saturated carbocycles. The predicted molar refractivity (Wildman–Crippen MR) is 158 cm³/mol. The van der Waals surface area contributed by atoms with Crippen molar-refractivity contribution in [1.82, 2.24) is 24.5 Å². The Morgan fingerprint density at radius 2 is 1.39 bits per heavy atom. The summed E-state index contributed by atoms with van der Waals surface area (Å²) in [6.45, 7) is 1.90. The van der Waals surface area contributed by atoms with Crippen LogP contribution < -0.4 is 0 Å². The van der Waals surface area contributed by atoms with Gasteiger partial charge in [-0.2, -0.15) is 0 Å². The van der Waals surface area contributed by atoms with Crippen LogP contribution in [0.2, 0.25) is 0 Å². The summed E-state index contributed by atoms with van der Waals surface area (Å²) in [7, 11) is 0. The highest BCUT2D eigenvalue weighted by Gasteiger charge is 2.38. The summed E-state index contributed by atoms with van der Waals surface area (Å²) in [6, 6.07) is 10.1. The first-order chi connectivity index (χ1) is 21.0. The molecule has 9 rings (SSSR count). The van der Waals surface area contributed by atoms with Gasteiger partial charge >= 0.3 is 23.9 Å². The molecule has 0 unspecified atom stereocenters. The van der Waals surface area contributed by atoms with Crippen molar-refractivity contribution in [2.45, 2.75) is 6.92 Å². The van der Waals surface area contributed by atoms with Crippen LogP contribution in [0.1, 0.15) is 58.4 Å². The topological polar surface area (TPSA) is 211 Å². The number of carboxylic acid groups (broad SMARTS) is 4. The number of aromatic nitrogens is 5. The van der Waals surface area contributed by atoms with E-state index in [1.165, 1.54) is 0 Å². The zero-order chi connectivity index (χ0) is 30.8. The Hall–Kier alpha value is -6.50. The molecule has 0 spiro atoms. The van der Waals surface area contributed by atoms with Crippen LogP contribution in [0.3, 0.4) is 0 Å². The number of nitrogens with zero attached hydrogens (tertiary/aromatic N) is 3. The normalized spacial score (nSPS) is 12.4. The van der Waals surface area contributed by atoms with Gasteiger partial charge in [-0.1, -0.05) is 0 Å². The summed E-state index contributed by atoms with van der Waals surface area (Å²) in [5.74, 6) is -7.23. The van der Waals surface area contributed by atoms with Gasteiger partial charge in [0.05, 0.1) is 61.2 Å². The number of nitrogens with one attached hydrogen (secondary N) is 2. The third-order valence-corrected chi connectivity index (χ3v) is 8.10. The molecule has 1 aromatic carbocycles. The lowest BCUT2D eigenvalue weighted by molar-refractivity contribution is 0.0620. The molecule has 3 aliphatic rings. The molecule has 0 fully saturated rings. The number of aromatic carboxylic acids is 4. The van der Waals surface area contributed by atoms with Gasteiger partial charge in [-0.3, -0.25) is 0 Å². The Bertz CT molecular complexity index is 2530. The van der Waals surface area contributed by atoms with Gasteiger partial charge in [0.15, 0.2) is 0 Å². The van der Waals surface area contributed by atoms with Crippen molar-refractivity contribution in [1.29, 1.82) is 0 Å². The molecule has 0 amide bonds. The van der Waals surface area contributed by atoms with E-state index in [9.17, 15) is 39.6 Å². The minimum absolute atomic E-state index is 0.188. The maximum absolute atomic E-state index is 12.7. The maximum Gasteiger partial charge on any atom is 0.337 e. The fourth-order valence-electron chi connectivity index (χ4n) is 6.30. The third-order valence-electron chi connectivity index (χ3n) is 8.10. The second-order valence-electron chi connectivity index (χ2n) is 10.6. The van der Waals surface area contributed by atoms with Crippen LogP contribution in [-0.4, -0.2) is 68.8 Å². The van der Waals surface area contributed by atoms with Crippen LogP contribution in [0.4, 0.5) is 0 Å². The van der Waals surface area contributed by atoms with E-state index in [0.29, 0.717) is 33.5 Å². The zero-order valence-corrected chi connectivity index (χ0v) is 22.4. The number of carboxylic acids is 4. The molecular formula is C31H17N5O8. The Balaban J connectivity index is 1.60. The number of rotatable bonds is 5. The molecule has 13 heteroatoms. The highest BCUT2D eigenvalue weighted by Crippen LogP contribution is 2.51. The van der Waals surface area contributed by atoms with Gasteiger partial charge in [0.25, 0.3) is 0 Å². The van der Waals surface area contributed by atoms with E-state index in [0.717, 1.165) is 39.4 Å². The smallest absolute Gasteiger partial charge is 0.337 e. The standard InChI is InChI=1S/C31H17N5O8/c1-10-17-7-13-4-2-11(32-13)6-12-3-5-14(33-12)8-18-19(26-24(35-18)27-23(34-17)25(10)36(26)27)15-9-16(28(37)38)21(30(41)42)22(31(43)44)20(15)29(39)40/h2-9,32,35H,1H3,(H,37,38)(H,39,40)(H,41,42)(H,43,44). The van der Waals surface area contributed by atoms with Crippen molar-refractivity contribution in [2.75, 3.05) is 0 Å². The number of hydrogen-bond acceptors (Lipinski definition) is 6. The molecule has 214 valence electrons. The zero-order valence-electron chi connectivity index (χ0n) is 22.4. The van der Waals surface area contributed by atoms with Crippen LogP contribution in [0.5, 0.6) is 0 Å². The summed E-state index contributed by atoms with van der Waals surface area (Å²) in [5, 5.41) is 40.1. The molecule has 0 aliphatic carbocycles. The highest BCUT2D eigenvalue weighted by atomic mass is 16.4. The molecule has 0 saturated heterocycles. The molecule has 10 bridgehead atoms. The summed E-state index contributed by atoms with van der Waals surface area (Å²) in [5.41, 5.74) is 3.86. The number of hydrogen-bond donors (Lipinski definition) is 6. The van der Waals surface area contributed by atoms with E-state index in [1.54, 1.807) is 18.2 Å². The SMILES string of the molecule is Cc1c2cc3ccc(cc4nc(cc5[nH]c6c7c(n2)c1n-7c6c5-c1cc(C(=O)O)c(C(=O)O)c(C(=O)O)c1C(=O)O)C=C4)[nH]3. The van der Waals surface area contributed by atoms with E-state index >= 15 is 0 Å². The van der Waals surface area contributed by atoms with Gasteiger partial charge in [-0.15, -0.1) is 0 Å². The van der Waals surface area contributed by atoms with E-state index in [4.69, 9.17) is 4.98 Å². The first-order valence-electron chi connectivity index (χ1n) is 13.2. The second-order valence-corrected chi connectivity index (χ2v) is 10.6. The van der Waals surface area contributed by atoms with Gasteiger partial charge in [0.1, 0.15) is 11.2 Å². The average Bonchev–Trinajstić information content (AvgIpc) is 3.70. The van der Waals surface area contributed by atoms with Gasteiger partial charge in [-0.05, 0) is 55.5 Å². The van der Waals surface area contributed by atoms with Crippen molar-refractivity contribution < 1.29 is 39.6 Å². The fraction of sp³-hybridized carbons (Fsp3) is 0.0323. The van der Waals surface area contributed by atoms with Crippen LogP contribution >= 0.6 is 0 Å². The third kappa shape index (κ3) is 3.17. The molecule has 0 radical (unpaired) electrons. The van der Waals surface area contributed by atoms with Gasteiger partial charge in [0.2, 0.25) is 0 Å². The number of aryl methyl sites for hydroxylation is 1. The maximum atomic E-state index is 12.7. The molecule has 8 heterocycles. The fourth-order valence-corrected chi connectivity index (χ4v) is 6.30. The lowest BCUT2D eigenvalue weighted by atomic mass is 9.87. The minimum atomic E-state index is -1.89. The van der Waals surface area contributed by atoms with Gasteiger partial charge < -0.3 is 35.0 Å². The Morgan fingerprint density at radius 3 is 2.05 bits per heavy atom. The molecule has 44 heavy (non-hydrogen) atoms. The van der Waals surface area contributed by atoms with Gasteiger partial charge in [0, 0.05) is 27.7 Å². The summed E-state index contributed by atoms with van der Waals surface area (Å²) < 4.78 is 1.86. The Kier molecular flexibility index (Phi) is 4.75. The first kappa shape index (κ1) is 25.2. The van der Waals surface area contributed by atoms with Crippen molar-refractivity contribution >= 4 is 80.2 Å². The average molecular weight is 588 g/mol. The number of H-pyrrole nitrogens is 2. The summed E-state index contributed by atoms with van der Waals surface area (Å²) >= 11 is 0. The molecule has 6 N–H and O–H groups in total. The van der Waals surface area contributed by atoms with Crippen molar-refractivity contribution in [3.63, 3.8) is 0 Å². The lowest BCUT2D eigenvalue weighted by Gasteiger charge is -2.26. The van der Waals surface area contributed by atoms with Crippen LogP contribution in [0.25, 0.3) is 73.1 Å². The van der Waals surface area contributed by atoms with E-state index in [1.807, 2.05) is 35.8 Å². The number of aromatic amines is 2. The van der Waals surface area contributed by atoms with Crippen molar-refractivity contribution in [3.05, 3.63) is 75.6 Å². The van der Waals surface area contributed by atoms with Crippen LogP contribution in [-0.2, 0) is 0 Å². The van der Waals surface area contributed by atoms with Crippen molar-refractivity contribution in [2.24, 2.45) is 0 Å². The first-order valence-corrected chi connectivity index (χ1v) is 13.2. The number of pyridine rings is 1. The lowest BCUT2D eigenvalue weighted by Crippen LogP contribution is -2.21. The minimum Gasteiger partial charge on any atom is -0.478 e. The molecular weight excluding hydrogens is 570 g/mol. The molecule has 0 atom stereocenters. The predicted octanol–water partition coefficient (Wildman–Crippen LogP) is 5.23. The Labute approximate surface area is 243 Å². The van der Waals surface area contributed by atoms with Gasteiger partial charge in [-0.25, -0.2) is 29.1 Å². The molecule has 6 aromatic rings. The highest BCUT2D eigenvalue weighted by molar-refractivity contribution is 6.25. The largest absolute Gasteiger partial charge is 0.478 e. The van der Waals surface area contributed by atoms with Crippen LogP contribution in [0, 0.1) is 6.92 Å². The Morgan fingerprint density at radius 1 is 0.727 bits per heavy atom. The van der Waals surface area contributed by atoms with E-state index in [2.05, 4.69) is 15.0 Å². The summed E-state index contributed by atoms with van der Waals surface area (Å²) in [4.78, 5) is 65.5.